The van der Waals surface area contributed by atoms with E-state index in [-0.39, 0.29) is 92.9 Å². The van der Waals surface area contributed by atoms with Crippen molar-refractivity contribution in [3.63, 3.8) is 0 Å². The van der Waals surface area contributed by atoms with E-state index < -0.39 is 0 Å². The van der Waals surface area contributed by atoms with Gasteiger partial charge in [-0.25, -0.2) is 0 Å². The van der Waals surface area contributed by atoms with Crippen LogP contribution >= 0.6 is 0 Å². The SMILES string of the molecule is [Mo].[SnH].[Ti].[Zr]. The summed E-state index contributed by atoms with van der Waals surface area (Å²) in [5, 5.41) is 0. The Hall–Kier alpha value is 3.08. The summed E-state index contributed by atoms with van der Waals surface area (Å²) in [4.78, 5) is 0. The van der Waals surface area contributed by atoms with E-state index in [1.807, 2.05) is 0 Å². The van der Waals surface area contributed by atoms with Crippen LogP contribution in [0.3, 0.4) is 0 Å². The average molecular weight is 355 g/mol. The van der Waals surface area contributed by atoms with Gasteiger partial charge in [0.1, 0.15) is 0 Å². The maximum atomic E-state index is 0. The van der Waals surface area contributed by atoms with Crippen molar-refractivity contribution < 1.29 is 69.0 Å². The van der Waals surface area contributed by atoms with Gasteiger partial charge in [0.25, 0.3) is 0 Å². The second-order valence-corrected chi connectivity index (χ2v) is 0. The first kappa shape index (κ1) is 27.6. The van der Waals surface area contributed by atoms with E-state index in [2.05, 4.69) is 0 Å². The summed E-state index contributed by atoms with van der Waals surface area (Å²) >= 11 is 0. The molecule has 0 aromatic heterocycles. The predicted molar refractivity (Wildman–Crippen MR) is 7.15 cm³/mol. The minimum absolute atomic E-state index is 0. The fraction of sp³-hybridized carbons (Fsp3) is 0. The molecule has 4 heteroatoms. The van der Waals surface area contributed by atoms with Crippen molar-refractivity contribution in [2.45, 2.75) is 0 Å². The maximum Gasteiger partial charge on any atom is 0 e. The fourth-order valence-corrected chi connectivity index (χ4v) is 0. The first-order valence-corrected chi connectivity index (χ1v) is 0. The molecule has 0 bridgehead atoms. The van der Waals surface area contributed by atoms with Crippen LogP contribution in [0, 0.1) is 0 Å². The number of hydrogen-bond acceptors (Lipinski definition) is 0. The molecular weight excluding hydrogens is 354 g/mol. The van der Waals surface area contributed by atoms with Crippen LogP contribution in [0.4, 0.5) is 0 Å². The quantitative estimate of drug-likeness (QED) is 0.507. The minimum Gasteiger partial charge on any atom is 0 e. The Balaban J connectivity index is 0. The van der Waals surface area contributed by atoms with E-state index in [1.165, 1.54) is 0 Å². The summed E-state index contributed by atoms with van der Waals surface area (Å²) in [7, 11) is 0. The summed E-state index contributed by atoms with van der Waals surface area (Å²) in [5.74, 6) is 0. The van der Waals surface area contributed by atoms with Gasteiger partial charge in [0.15, 0.2) is 0 Å². The zero-order chi connectivity index (χ0) is 0. The Labute approximate surface area is 91.1 Å². The molecule has 0 saturated carbocycles. The smallest absolute Gasteiger partial charge is 0 e. The maximum absolute atomic E-state index is 0. The van der Waals surface area contributed by atoms with Crippen LogP contribution in [0.1, 0.15) is 0 Å². The van der Waals surface area contributed by atoms with Gasteiger partial charge in [0.05, 0.1) is 0 Å². The normalized spacial score (nSPS) is 0. The van der Waals surface area contributed by atoms with Crippen molar-refractivity contribution in [3.8, 4) is 0 Å². The molecule has 0 aliphatic heterocycles. The molecule has 0 aromatic carbocycles. The zero-order valence-electron chi connectivity index (χ0n) is 1.99. The third-order valence-corrected chi connectivity index (χ3v) is 0. The standard InChI is InChI=1S/Mo.Sn.Ti.Zr.H. The van der Waals surface area contributed by atoms with E-state index in [9.17, 15) is 0 Å². The molecule has 0 aliphatic carbocycles. The molecule has 0 rings (SSSR count). The molecule has 0 spiro atoms. The zero-order valence-corrected chi connectivity index (χ0v) is 11.3. The number of hydrogen-bond donors (Lipinski definition) is 0. The Morgan fingerprint density at radius 1 is 1.00 bits per heavy atom. The third-order valence-electron chi connectivity index (χ3n) is 0. The summed E-state index contributed by atoms with van der Waals surface area (Å²) in [5.41, 5.74) is 0. The van der Waals surface area contributed by atoms with Gasteiger partial charge in [-0.05, 0) is 0 Å². The molecular formula is HMoSnTiZr. The first-order chi connectivity index (χ1) is 0. The van der Waals surface area contributed by atoms with E-state index in [4.69, 9.17) is 0 Å². The fourth-order valence-electron chi connectivity index (χ4n) is 0. The second-order valence-electron chi connectivity index (χ2n) is 0. The van der Waals surface area contributed by atoms with E-state index in [1.54, 1.807) is 0 Å². The Kier molecular flexibility index (Phi) is 114. The summed E-state index contributed by atoms with van der Waals surface area (Å²) < 4.78 is 0. The van der Waals surface area contributed by atoms with Crippen molar-refractivity contribution in [2.75, 3.05) is 0 Å². The van der Waals surface area contributed by atoms with Gasteiger partial charge in [-0.3, -0.25) is 0 Å². The molecule has 0 unspecified atom stereocenters. The predicted octanol–water partition coefficient (Wildman–Crippen LogP) is -0.656. The number of rotatable bonds is 0. The molecule has 0 aliphatic rings. The molecule has 0 fully saturated rings. The second kappa shape index (κ2) is 16.5. The molecule has 0 nitrogen and oxygen atoms in total. The van der Waals surface area contributed by atoms with E-state index in [0.717, 1.165) is 0 Å². The summed E-state index contributed by atoms with van der Waals surface area (Å²) in [6, 6.07) is 0. The summed E-state index contributed by atoms with van der Waals surface area (Å²) in [6.07, 6.45) is 0. The van der Waals surface area contributed by atoms with Gasteiger partial charge in [0.2, 0.25) is 0 Å². The van der Waals surface area contributed by atoms with Gasteiger partial charge in [-0.15, -0.1) is 0 Å². The van der Waals surface area contributed by atoms with E-state index in [0.29, 0.717) is 0 Å². The van der Waals surface area contributed by atoms with Crippen molar-refractivity contribution in [3.05, 3.63) is 0 Å². The first-order valence-electron chi connectivity index (χ1n) is 0. The largest absolute Gasteiger partial charge is 0 e. The van der Waals surface area contributed by atoms with Crippen LogP contribution in [0.25, 0.3) is 0 Å². The van der Waals surface area contributed by atoms with Gasteiger partial charge in [-0.1, -0.05) is 0 Å². The average Bonchev–Trinajstić information content (AvgIpc) is 0. The van der Waals surface area contributed by atoms with E-state index >= 15 is 0 Å². The molecule has 0 heterocycles. The van der Waals surface area contributed by atoms with Crippen LogP contribution in [-0.2, 0) is 69.0 Å². The van der Waals surface area contributed by atoms with Crippen LogP contribution < -0.4 is 0 Å². The molecule has 0 saturated heterocycles. The van der Waals surface area contributed by atoms with Crippen molar-refractivity contribution in [2.24, 2.45) is 0 Å². The van der Waals surface area contributed by atoms with Gasteiger partial charge in [-0.2, -0.15) is 0 Å². The minimum atomic E-state index is 0. The van der Waals surface area contributed by atoms with Crippen molar-refractivity contribution >= 4 is 23.9 Å². The summed E-state index contributed by atoms with van der Waals surface area (Å²) in [6.45, 7) is 0. The van der Waals surface area contributed by atoms with Gasteiger partial charge < -0.3 is 0 Å². The van der Waals surface area contributed by atoms with Crippen LogP contribution in [-0.4, -0.2) is 23.9 Å². The third kappa shape index (κ3) is 8.92. The molecule has 3 radical (unpaired) electrons. The van der Waals surface area contributed by atoms with Crippen molar-refractivity contribution in [1.82, 2.24) is 0 Å². The molecule has 0 amide bonds. The Bertz CT molecular complexity index is 8.00. The Morgan fingerprint density at radius 3 is 1.00 bits per heavy atom. The van der Waals surface area contributed by atoms with Crippen LogP contribution in [0.15, 0.2) is 0 Å². The van der Waals surface area contributed by atoms with Crippen LogP contribution in [0.5, 0.6) is 0 Å². The van der Waals surface area contributed by atoms with Gasteiger partial charge in [0, 0.05) is 69.0 Å². The molecule has 4 heavy (non-hydrogen) atoms. The molecule has 19 valence electrons. The van der Waals surface area contributed by atoms with Crippen molar-refractivity contribution in [1.29, 1.82) is 0 Å². The molecule has 0 atom stereocenters. The van der Waals surface area contributed by atoms with Gasteiger partial charge >= 0.3 is 23.9 Å². The monoisotopic (exact) mass is 357 g/mol. The Morgan fingerprint density at radius 2 is 1.00 bits per heavy atom. The topological polar surface area (TPSA) is 0 Å². The molecule has 0 aromatic rings. The molecule has 0 N–H and O–H groups in total. The van der Waals surface area contributed by atoms with Crippen LogP contribution in [0.2, 0.25) is 0 Å².